The first-order valence-corrected chi connectivity index (χ1v) is 13.1. The number of hydrogen-bond donors (Lipinski definition) is 1. The van der Waals surface area contributed by atoms with Gasteiger partial charge in [-0.25, -0.2) is 0 Å². The number of esters is 4. The van der Waals surface area contributed by atoms with E-state index in [4.69, 9.17) is 18.9 Å². The smallest absolute Gasteiger partial charge is 0.323 e. The molecule has 0 aromatic heterocycles. The van der Waals surface area contributed by atoms with Crippen molar-refractivity contribution in [2.45, 2.75) is 85.6 Å². The molecule has 0 heterocycles. The molecule has 0 bridgehead atoms. The third-order valence-electron chi connectivity index (χ3n) is 5.44. The first-order valence-electron chi connectivity index (χ1n) is 13.1. The molecule has 0 aliphatic carbocycles. The zero-order chi connectivity index (χ0) is 27.8. The van der Waals surface area contributed by atoms with Gasteiger partial charge in [-0.1, -0.05) is 40.7 Å². The Hall–Kier alpha value is -2.94. The first kappa shape index (κ1) is 32.1. The van der Waals surface area contributed by atoms with Gasteiger partial charge < -0.3 is 24.3 Å². The number of rotatable bonds is 17. The number of hydrogen-bond acceptors (Lipinski definition) is 9. The molecule has 9 nitrogen and oxygen atoms in total. The van der Waals surface area contributed by atoms with Crippen molar-refractivity contribution >= 4 is 23.9 Å². The van der Waals surface area contributed by atoms with Gasteiger partial charge in [-0.05, 0) is 55.2 Å². The molecule has 1 N–H and O–H groups in total. The van der Waals surface area contributed by atoms with Crippen LogP contribution in [0.5, 0.6) is 11.5 Å². The monoisotopic (exact) mass is 521 g/mol. The number of ether oxygens (including phenoxy) is 4. The normalized spacial score (nSPS) is 11.8. The van der Waals surface area contributed by atoms with Crippen LogP contribution in [0.4, 0.5) is 0 Å². The molecule has 0 amide bonds. The Labute approximate surface area is 220 Å². The summed E-state index contributed by atoms with van der Waals surface area (Å²) in [7, 11) is 1.29. The van der Waals surface area contributed by atoms with E-state index in [1.54, 1.807) is 18.2 Å². The van der Waals surface area contributed by atoms with Gasteiger partial charge >= 0.3 is 23.9 Å². The molecular weight excluding hydrogens is 478 g/mol. The maximum absolute atomic E-state index is 12.4. The Morgan fingerprint density at radius 3 is 1.97 bits per heavy atom. The van der Waals surface area contributed by atoms with E-state index in [0.29, 0.717) is 43.1 Å². The van der Waals surface area contributed by atoms with Crippen molar-refractivity contribution in [3.05, 3.63) is 23.8 Å². The summed E-state index contributed by atoms with van der Waals surface area (Å²) in [5.74, 6) is -0.654. The van der Waals surface area contributed by atoms with Gasteiger partial charge in [0.05, 0.1) is 7.11 Å². The number of methoxy groups -OCH3 is 1. The lowest BCUT2D eigenvalue weighted by Gasteiger charge is -2.18. The SMILES string of the molecule is CCCC(=O)OCCN[C@@H](Cc1ccc(OC(=O)CCC(C)C)c(OC(=O)CCC(C)C)c1)C(=O)OC. The highest BCUT2D eigenvalue weighted by molar-refractivity contribution is 5.77. The highest BCUT2D eigenvalue weighted by atomic mass is 16.6. The highest BCUT2D eigenvalue weighted by Crippen LogP contribution is 2.30. The van der Waals surface area contributed by atoms with Crippen LogP contribution in [0.1, 0.15) is 78.7 Å². The summed E-state index contributed by atoms with van der Waals surface area (Å²) < 4.78 is 21.1. The fourth-order valence-electron chi connectivity index (χ4n) is 3.30. The van der Waals surface area contributed by atoms with Crippen LogP contribution in [0.3, 0.4) is 0 Å². The lowest BCUT2D eigenvalue weighted by Crippen LogP contribution is -2.41. The molecule has 0 unspecified atom stereocenters. The molecule has 0 spiro atoms. The lowest BCUT2D eigenvalue weighted by atomic mass is 10.0. The van der Waals surface area contributed by atoms with E-state index in [2.05, 4.69) is 5.32 Å². The van der Waals surface area contributed by atoms with Gasteiger partial charge in [0.25, 0.3) is 0 Å². The largest absolute Gasteiger partial charge is 0.468 e. The molecule has 1 aromatic rings. The Kier molecular flexibility index (Phi) is 15.2. The zero-order valence-electron chi connectivity index (χ0n) is 23.1. The van der Waals surface area contributed by atoms with E-state index in [9.17, 15) is 19.2 Å². The van der Waals surface area contributed by atoms with Crippen LogP contribution in [0.2, 0.25) is 0 Å². The summed E-state index contributed by atoms with van der Waals surface area (Å²) >= 11 is 0. The van der Waals surface area contributed by atoms with Crippen LogP contribution >= 0.6 is 0 Å². The molecule has 1 atom stereocenters. The van der Waals surface area contributed by atoms with Crippen molar-refractivity contribution in [2.75, 3.05) is 20.3 Å². The van der Waals surface area contributed by atoms with Crippen LogP contribution in [0.15, 0.2) is 18.2 Å². The summed E-state index contributed by atoms with van der Waals surface area (Å²) in [6.45, 7) is 10.3. The predicted molar refractivity (Wildman–Crippen MR) is 139 cm³/mol. The van der Waals surface area contributed by atoms with Crippen molar-refractivity contribution in [3.8, 4) is 11.5 Å². The molecule has 208 valence electrons. The summed E-state index contributed by atoms with van der Waals surface area (Å²) in [6.07, 6.45) is 3.08. The van der Waals surface area contributed by atoms with E-state index in [1.807, 2.05) is 34.6 Å². The maximum Gasteiger partial charge on any atom is 0.323 e. The lowest BCUT2D eigenvalue weighted by molar-refractivity contribution is -0.144. The number of carbonyl (C=O) groups is 4. The minimum absolute atomic E-state index is 0.121. The van der Waals surface area contributed by atoms with Crippen molar-refractivity contribution in [1.82, 2.24) is 5.32 Å². The third kappa shape index (κ3) is 13.8. The van der Waals surface area contributed by atoms with Gasteiger partial charge in [0.15, 0.2) is 11.5 Å². The van der Waals surface area contributed by atoms with Gasteiger partial charge in [-0.2, -0.15) is 0 Å². The molecule has 1 rings (SSSR count). The molecule has 1 aromatic carbocycles. The number of carbonyl (C=O) groups excluding carboxylic acids is 4. The molecule has 0 aliphatic heterocycles. The van der Waals surface area contributed by atoms with Crippen LogP contribution in [-0.4, -0.2) is 50.2 Å². The first-order chi connectivity index (χ1) is 17.5. The fraction of sp³-hybridized carbons (Fsp3) is 0.643. The molecule has 9 heteroatoms. The third-order valence-corrected chi connectivity index (χ3v) is 5.44. The summed E-state index contributed by atoms with van der Waals surface area (Å²) in [4.78, 5) is 48.7. The second kappa shape index (κ2) is 17.5. The van der Waals surface area contributed by atoms with E-state index in [1.165, 1.54) is 7.11 Å². The summed E-state index contributed by atoms with van der Waals surface area (Å²) in [6, 6.07) is 4.14. The fourth-order valence-corrected chi connectivity index (χ4v) is 3.30. The number of nitrogens with one attached hydrogen (secondary N) is 1. The van der Waals surface area contributed by atoms with E-state index in [-0.39, 0.29) is 49.9 Å². The van der Waals surface area contributed by atoms with Crippen molar-refractivity contribution in [2.24, 2.45) is 11.8 Å². The molecular formula is C28H43NO8. The molecule has 0 aliphatic rings. The standard InChI is InChI=1S/C28H43NO8/c1-7-8-25(30)35-16-15-29-22(28(33)34-6)17-21-11-12-23(36-26(31)13-9-19(2)3)24(18-21)37-27(32)14-10-20(4)5/h11-12,18-20,22,29H,7-10,13-17H2,1-6H3/t22-/m0/s1. The second-order valence-corrected chi connectivity index (χ2v) is 9.80. The molecule has 37 heavy (non-hydrogen) atoms. The predicted octanol–water partition coefficient (Wildman–Crippen LogP) is 4.39. The van der Waals surface area contributed by atoms with Crippen molar-refractivity contribution in [1.29, 1.82) is 0 Å². The highest BCUT2D eigenvalue weighted by Gasteiger charge is 2.22. The van der Waals surface area contributed by atoms with Gasteiger partial charge in [0, 0.05) is 25.8 Å². The van der Waals surface area contributed by atoms with E-state index in [0.717, 1.165) is 0 Å². The van der Waals surface area contributed by atoms with Crippen molar-refractivity contribution in [3.63, 3.8) is 0 Å². The number of benzene rings is 1. The Balaban J connectivity index is 3.00. The zero-order valence-corrected chi connectivity index (χ0v) is 23.1. The molecule has 0 saturated carbocycles. The average Bonchev–Trinajstić information content (AvgIpc) is 2.84. The van der Waals surface area contributed by atoms with Gasteiger partial charge in [-0.15, -0.1) is 0 Å². The van der Waals surface area contributed by atoms with E-state index >= 15 is 0 Å². The van der Waals surface area contributed by atoms with Gasteiger partial charge in [0.1, 0.15) is 12.6 Å². The Bertz CT molecular complexity index is 881. The summed E-state index contributed by atoms with van der Waals surface area (Å²) in [5, 5.41) is 3.04. The maximum atomic E-state index is 12.4. The van der Waals surface area contributed by atoms with E-state index < -0.39 is 23.9 Å². The van der Waals surface area contributed by atoms with Crippen LogP contribution in [-0.2, 0) is 35.1 Å². The minimum Gasteiger partial charge on any atom is -0.468 e. The summed E-state index contributed by atoms with van der Waals surface area (Å²) in [5.41, 5.74) is 0.666. The van der Waals surface area contributed by atoms with Crippen LogP contribution in [0, 0.1) is 11.8 Å². The minimum atomic E-state index is -0.723. The Morgan fingerprint density at radius 1 is 0.838 bits per heavy atom. The van der Waals surface area contributed by atoms with Crippen molar-refractivity contribution < 1.29 is 38.1 Å². The Morgan fingerprint density at radius 2 is 1.43 bits per heavy atom. The van der Waals surface area contributed by atoms with Gasteiger partial charge in [0.2, 0.25) is 0 Å². The topological polar surface area (TPSA) is 117 Å². The average molecular weight is 522 g/mol. The second-order valence-electron chi connectivity index (χ2n) is 9.80. The molecule has 0 radical (unpaired) electrons. The van der Waals surface area contributed by atoms with Gasteiger partial charge in [-0.3, -0.25) is 19.2 Å². The van der Waals surface area contributed by atoms with Crippen LogP contribution < -0.4 is 14.8 Å². The quantitative estimate of drug-likeness (QED) is 0.181. The molecule has 0 saturated heterocycles. The van der Waals surface area contributed by atoms with Crippen LogP contribution in [0.25, 0.3) is 0 Å². The molecule has 0 fully saturated rings.